The van der Waals surface area contributed by atoms with Crippen molar-refractivity contribution in [2.75, 3.05) is 26.2 Å². The molecule has 2 saturated heterocycles. The summed E-state index contributed by atoms with van der Waals surface area (Å²) in [6.45, 7) is 7.67. The Morgan fingerprint density at radius 3 is 2.34 bits per heavy atom. The second-order valence-corrected chi connectivity index (χ2v) is 8.33. The van der Waals surface area contributed by atoms with Gasteiger partial charge in [0.2, 0.25) is 5.91 Å². The van der Waals surface area contributed by atoms with Crippen molar-refractivity contribution in [3.05, 3.63) is 35.9 Å². The van der Waals surface area contributed by atoms with Crippen LogP contribution in [0.3, 0.4) is 0 Å². The summed E-state index contributed by atoms with van der Waals surface area (Å²) in [5, 5.41) is 3.03. The summed E-state index contributed by atoms with van der Waals surface area (Å²) in [4.78, 5) is 29.5. The van der Waals surface area contributed by atoms with Gasteiger partial charge in [-0.05, 0) is 37.2 Å². The largest absolute Gasteiger partial charge is 0.373 e. The Kier molecular flexibility index (Phi) is 7.92. The standard InChI is InChI=1S/C23H35N3O3/c1-3-18(2)21(24-23(28)26-13-7-8-14-26)22(27)25-15-11-20(12-16-25)29-17-19-9-5-4-6-10-19/h4-6,9-10,18,20-21H,3,7-8,11-17H2,1-2H3,(H,24,28)/t18?,21-/m0/s1. The summed E-state index contributed by atoms with van der Waals surface area (Å²) in [7, 11) is 0. The maximum absolute atomic E-state index is 13.2. The van der Waals surface area contributed by atoms with Crippen molar-refractivity contribution < 1.29 is 14.3 Å². The van der Waals surface area contributed by atoms with E-state index in [1.54, 1.807) is 0 Å². The van der Waals surface area contributed by atoms with Crippen LogP contribution in [0.1, 0.15) is 51.5 Å². The summed E-state index contributed by atoms with van der Waals surface area (Å²) in [6.07, 6.45) is 4.81. The van der Waals surface area contributed by atoms with Crippen molar-refractivity contribution in [2.24, 2.45) is 5.92 Å². The zero-order valence-corrected chi connectivity index (χ0v) is 17.8. The molecule has 1 N–H and O–H groups in total. The molecule has 2 fully saturated rings. The Bertz CT molecular complexity index is 653. The van der Waals surface area contributed by atoms with E-state index in [0.29, 0.717) is 19.7 Å². The van der Waals surface area contributed by atoms with Crippen LogP contribution >= 0.6 is 0 Å². The first-order valence-electron chi connectivity index (χ1n) is 11.1. The van der Waals surface area contributed by atoms with E-state index in [9.17, 15) is 9.59 Å². The van der Waals surface area contributed by atoms with Gasteiger partial charge in [-0.1, -0.05) is 50.6 Å². The number of carbonyl (C=O) groups is 2. The lowest BCUT2D eigenvalue weighted by atomic mass is 9.96. The molecule has 2 aliphatic heterocycles. The Labute approximate surface area is 174 Å². The molecule has 160 valence electrons. The molecular weight excluding hydrogens is 366 g/mol. The summed E-state index contributed by atoms with van der Waals surface area (Å²) in [5.74, 6) is 0.162. The minimum atomic E-state index is -0.449. The Hall–Kier alpha value is -2.08. The van der Waals surface area contributed by atoms with Crippen LogP contribution in [0.4, 0.5) is 4.79 Å². The molecule has 0 radical (unpaired) electrons. The molecular formula is C23H35N3O3. The number of rotatable bonds is 7. The highest BCUT2D eigenvalue weighted by atomic mass is 16.5. The van der Waals surface area contributed by atoms with E-state index in [4.69, 9.17) is 4.74 Å². The van der Waals surface area contributed by atoms with Gasteiger partial charge < -0.3 is 19.9 Å². The maximum Gasteiger partial charge on any atom is 0.318 e. The van der Waals surface area contributed by atoms with Gasteiger partial charge in [-0.15, -0.1) is 0 Å². The first-order valence-corrected chi connectivity index (χ1v) is 11.1. The van der Waals surface area contributed by atoms with E-state index in [0.717, 1.165) is 45.2 Å². The molecule has 3 amide bonds. The van der Waals surface area contributed by atoms with Gasteiger partial charge in [0.15, 0.2) is 0 Å². The van der Waals surface area contributed by atoms with E-state index >= 15 is 0 Å². The highest BCUT2D eigenvalue weighted by Gasteiger charge is 2.33. The second-order valence-electron chi connectivity index (χ2n) is 8.33. The molecule has 2 heterocycles. The Morgan fingerprint density at radius 2 is 1.72 bits per heavy atom. The fraction of sp³-hybridized carbons (Fsp3) is 0.652. The molecule has 0 bridgehead atoms. The van der Waals surface area contributed by atoms with Gasteiger partial charge in [-0.3, -0.25) is 4.79 Å². The molecule has 2 atom stereocenters. The Balaban J connectivity index is 1.50. The molecule has 1 aromatic carbocycles. The van der Waals surface area contributed by atoms with Crippen molar-refractivity contribution in [3.8, 4) is 0 Å². The normalized spacial score (nSPS) is 19.8. The fourth-order valence-electron chi connectivity index (χ4n) is 4.06. The van der Waals surface area contributed by atoms with Crippen LogP contribution < -0.4 is 5.32 Å². The smallest absolute Gasteiger partial charge is 0.318 e. The van der Waals surface area contributed by atoms with Crippen LogP contribution in [0.5, 0.6) is 0 Å². The van der Waals surface area contributed by atoms with Crippen LogP contribution in [-0.2, 0) is 16.1 Å². The summed E-state index contributed by atoms with van der Waals surface area (Å²) >= 11 is 0. The van der Waals surface area contributed by atoms with Gasteiger partial charge in [-0.25, -0.2) is 4.79 Å². The lowest BCUT2D eigenvalue weighted by Crippen LogP contribution is -2.56. The molecule has 6 heteroatoms. The van der Waals surface area contributed by atoms with E-state index in [2.05, 4.69) is 24.4 Å². The average Bonchev–Trinajstić information content (AvgIpc) is 3.31. The van der Waals surface area contributed by atoms with Crippen LogP contribution in [0.25, 0.3) is 0 Å². The quantitative estimate of drug-likeness (QED) is 0.762. The first-order chi connectivity index (χ1) is 14.1. The van der Waals surface area contributed by atoms with Crippen molar-refractivity contribution >= 4 is 11.9 Å². The lowest BCUT2D eigenvalue weighted by Gasteiger charge is -2.36. The topological polar surface area (TPSA) is 61.9 Å². The maximum atomic E-state index is 13.2. The molecule has 3 rings (SSSR count). The highest BCUT2D eigenvalue weighted by molar-refractivity contribution is 5.87. The molecule has 1 aromatic rings. The minimum Gasteiger partial charge on any atom is -0.373 e. The Morgan fingerprint density at radius 1 is 1.07 bits per heavy atom. The van der Waals surface area contributed by atoms with Crippen molar-refractivity contribution in [1.82, 2.24) is 15.1 Å². The summed E-state index contributed by atoms with van der Waals surface area (Å²) < 4.78 is 6.04. The van der Waals surface area contributed by atoms with Gasteiger partial charge >= 0.3 is 6.03 Å². The molecule has 0 spiro atoms. The number of ether oxygens (including phenoxy) is 1. The first kappa shape index (κ1) is 21.6. The number of hydrogen-bond donors (Lipinski definition) is 1. The van der Waals surface area contributed by atoms with Crippen LogP contribution in [0.2, 0.25) is 0 Å². The number of piperidine rings is 1. The van der Waals surface area contributed by atoms with E-state index in [-0.39, 0.29) is 24.0 Å². The molecule has 29 heavy (non-hydrogen) atoms. The van der Waals surface area contributed by atoms with E-state index < -0.39 is 6.04 Å². The average molecular weight is 402 g/mol. The van der Waals surface area contributed by atoms with Crippen molar-refractivity contribution in [1.29, 1.82) is 0 Å². The molecule has 0 aromatic heterocycles. The minimum absolute atomic E-state index is 0.0495. The number of carbonyl (C=O) groups excluding carboxylic acids is 2. The predicted molar refractivity (Wildman–Crippen MR) is 113 cm³/mol. The third kappa shape index (κ3) is 5.95. The third-order valence-electron chi connectivity index (χ3n) is 6.23. The zero-order valence-electron chi connectivity index (χ0n) is 17.8. The van der Waals surface area contributed by atoms with E-state index in [1.165, 1.54) is 5.56 Å². The fourth-order valence-corrected chi connectivity index (χ4v) is 4.06. The second kappa shape index (κ2) is 10.6. The van der Waals surface area contributed by atoms with Crippen LogP contribution in [0, 0.1) is 5.92 Å². The monoisotopic (exact) mass is 401 g/mol. The van der Waals surface area contributed by atoms with Crippen molar-refractivity contribution in [3.63, 3.8) is 0 Å². The predicted octanol–water partition coefficient (Wildman–Crippen LogP) is 3.41. The number of benzene rings is 1. The number of likely N-dealkylation sites (tertiary alicyclic amines) is 2. The SMILES string of the molecule is CCC(C)[C@H](NC(=O)N1CCCC1)C(=O)N1CCC(OCc2ccccc2)CC1. The van der Waals surface area contributed by atoms with E-state index in [1.807, 2.05) is 34.9 Å². The van der Waals surface area contributed by atoms with Gasteiger partial charge in [0.1, 0.15) is 6.04 Å². The number of nitrogens with one attached hydrogen (secondary N) is 1. The summed E-state index contributed by atoms with van der Waals surface area (Å²) in [6, 6.07) is 9.63. The van der Waals surface area contributed by atoms with Gasteiger partial charge in [0, 0.05) is 26.2 Å². The highest BCUT2D eigenvalue weighted by Crippen LogP contribution is 2.19. The number of urea groups is 1. The van der Waals surface area contributed by atoms with Crippen LogP contribution in [-0.4, -0.2) is 60.1 Å². The molecule has 0 aliphatic carbocycles. The lowest BCUT2D eigenvalue weighted by molar-refractivity contribution is -0.137. The van der Waals surface area contributed by atoms with Gasteiger partial charge in [0.05, 0.1) is 12.7 Å². The summed E-state index contributed by atoms with van der Waals surface area (Å²) in [5.41, 5.74) is 1.17. The number of hydrogen-bond acceptors (Lipinski definition) is 3. The van der Waals surface area contributed by atoms with Crippen LogP contribution in [0.15, 0.2) is 30.3 Å². The molecule has 1 unspecified atom stereocenters. The van der Waals surface area contributed by atoms with Crippen molar-refractivity contribution in [2.45, 2.75) is 64.7 Å². The van der Waals surface area contributed by atoms with Gasteiger partial charge in [0.25, 0.3) is 0 Å². The van der Waals surface area contributed by atoms with Gasteiger partial charge in [-0.2, -0.15) is 0 Å². The number of nitrogens with zero attached hydrogens (tertiary/aromatic N) is 2. The molecule has 2 aliphatic rings. The molecule has 0 saturated carbocycles. The number of amides is 3. The third-order valence-corrected chi connectivity index (χ3v) is 6.23. The zero-order chi connectivity index (χ0) is 20.6. The molecule has 6 nitrogen and oxygen atoms in total.